The van der Waals surface area contributed by atoms with Crippen molar-refractivity contribution in [2.45, 2.75) is 71.4 Å². The summed E-state index contributed by atoms with van der Waals surface area (Å²) in [5.74, 6) is 1.37. The van der Waals surface area contributed by atoms with Crippen LogP contribution < -0.4 is 26.0 Å². The lowest BCUT2D eigenvalue weighted by Gasteiger charge is -2.62. The number of benzene rings is 2. The number of anilines is 1. The van der Waals surface area contributed by atoms with E-state index in [1.54, 1.807) is 19.1 Å². The molecule has 270 valence electrons. The van der Waals surface area contributed by atoms with E-state index in [9.17, 15) is 14.7 Å². The van der Waals surface area contributed by atoms with Crippen LogP contribution in [0.2, 0.25) is 0 Å². The van der Waals surface area contributed by atoms with Gasteiger partial charge in [0.25, 0.3) is 5.91 Å². The van der Waals surface area contributed by atoms with E-state index >= 15 is 0 Å². The SMILES string of the molecule is COc1c(CN2O[C@@H](CN)[C@@H]([C@H](C)O)[C@H]2C(=O)N[C@H]2C[C@H]3C[C@H]([C@@H]2C)C3(C)C)cccc1-c1cc(C(=O)NCCN(C)C)cc(N(C)C)c1. The van der Waals surface area contributed by atoms with Crippen LogP contribution in [0.25, 0.3) is 11.1 Å². The van der Waals surface area contributed by atoms with E-state index in [0.717, 1.165) is 35.3 Å². The predicted molar refractivity (Wildman–Crippen MR) is 193 cm³/mol. The zero-order chi connectivity index (χ0) is 35.8. The Balaban J connectivity index is 1.44. The average molecular weight is 679 g/mol. The number of nitrogens with two attached hydrogens (primary N) is 1. The number of methoxy groups -OCH3 is 1. The Kier molecular flexibility index (Phi) is 11.3. The highest BCUT2D eigenvalue weighted by molar-refractivity contribution is 5.97. The summed E-state index contributed by atoms with van der Waals surface area (Å²) in [5.41, 5.74) is 10.3. The molecule has 2 amide bonds. The average Bonchev–Trinajstić information content (AvgIpc) is 3.43. The minimum absolute atomic E-state index is 0.0776. The molecule has 3 saturated carbocycles. The number of nitrogens with one attached hydrogen (secondary N) is 2. The molecule has 1 saturated heterocycles. The minimum Gasteiger partial charge on any atom is -0.496 e. The van der Waals surface area contributed by atoms with Gasteiger partial charge in [0.2, 0.25) is 5.91 Å². The summed E-state index contributed by atoms with van der Waals surface area (Å²) in [6, 6.07) is 11.0. The monoisotopic (exact) mass is 678 g/mol. The van der Waals surface area contributed by atoms with Crippen LogP contribution in [-0.2, 0) is 16.2 Å². The maximum Gasteiger partial charge on any atom is 0.251 e. The van der Waals surface area contributed by atoms with Crippen LogP contribution in [0.1, 0.15) is 56.5 Å². The summed E-state index contributed by atoms with van der Waals surface area (Å²) in [6.45, 7) is 10.3. The summed E-state index contributed by atoms with van der Waals surface area (Å²) in [6.07, 6.45) is 0.850. The molecule has 8 atom stereocenters. The third kappa shape index (κ3) is 7.46. The first-order valence-electron chi connectivity index (χ1n) is 17.7. The Hall–Kier alpha value is -3.22. The molecule has 2 aromatic rings. The number of hydrogen-bond donors (Lipinski definition) is 4. The van der Waals surface area contributed by atoms with Crippen LogP contribution in [0.15, 0.2) is 36.4 Å². The number of hydroxylamine groups is 2. The summed E-state index contributed by atoms with van der Waals surface area (Å²) >= 11 is 0. The van der Waals surface area contributed by atoms with Crippen molar-refractivity contribution >= 4 is 17.5 Å². The van der Waals surface area contributed by atoms with Gasteiger partial charge in [-0.2, -0.15) is 5.06 Å². The van der Waals surface area contributed by atoms with Crippen molar-refractivity contribution in [3.8, 4) is 16.9 Å². The molecule has 1 heterocycles. The van der Waals surface area contributed by atoms with E-state index in [4.69, 9.17) is 15.3 Å². The van der Waals surface area contributed by atoms with Gasteiger partial charge in [-0.25, -0.2) is 0 Å². The predicted octanol–water partition coefficient (Wildman–Crippen LogP) is 3.35. The number of aliphatic hydroxyl groups excluding tert-OH is 1. The molecule has 0 radical (unpaired) electrons. The zero-order valence-corrected chi connectivity index (χ0v) is 30.8. The lowest BCUT2D eigenvalue weighted by Crippen LogP contribution is -2.62. The molecule has 0 unspecified atom stereocenters. The molecule has 5 N–H and O–H groups in total. The summed E-state index contributed by atoms with van der Waals surface area (Å²) < 4.78 is 6.05. The number of fused-ring (bicyclic) bond motifs is 2. The molecule has 3 aliphatic carbocycles. The molecule has 4 aliphatic rings. The lowest BCUT2D eigenvalue weighted by molar-refractivity contribution is -0.175. The molecule has 2 aromatic carbocycles. The molecule has 0 aromatic heterocycles. The minimum atomic E-state index is -0.810. The summed E-state index contributed by atoms with van der Waals surface area (Å²) in [5, 5.41) is 19.0. The van der Waals surface area contributed by atoms with Crippen molar-refractivity contribution < 1.29 is 24.3 Å². The molecule has 11 heteroatoms. The Morgan fingerprint density at radius 3 is 2.49 bits per heavy atom. The van der Waals surface area contributed by atoms with Gasteiger partial charge in [-0.15, -0.1) is 0 Å². The molecule has 0 spiro atoms. The van der Waals surface area contributed by atoms with Gasteiger partial charge in [-0.3, -0.25) is 14.4 Å². The Morgan fingerprint density at radius 2 is 1.90 bits per heavy atom. The van der Waals surface area contributed by atoms with Crippen molar-refractivity contribution in [1.82, 2.24) is 20.6 Å². The van der Waals surface area contributed by atoms with Crippen LogP contribution in [-0.4, -0.2) is 106 Å². The van der Waals surface area contributed by atoms with Crippen molar-refractivity contribution in [1.29, 1.82) is 0 Å². The second-order valence-corrected chi connectivity index (χ2v) is 15.5. The molecule has 4 fully saturated rings. The van der Waals surface area contributed by atoms with Crippen LogP contribution in [0.3, 0.4) is 0 Å². The quantitative estimate of drug-likeness (QED) is 0.252. The van der Waals surface area contributed by atoms with Gasteiger partial charge in [0.05, 0.1) is 25.9 Å². The first-order valence-corrected chi connectivity index (χ1v) is 17.7. The molecule has 6 rings (SSSR count). The molecular weight excluding hydrogens is 620 g/mol. The fourth-order valence-electron chi connectivity index (χ4n) is 8.53. The maximum atomic E-state index is 14.2. The highest BCUT2D eigenvalue weighted by atomic mass is 16.7. The molecule has 2 bridgehead atoms. The fraction of sp³-hybridized carbons (Fsp3) is 0.632. The van der Waals surface area contributed by atoms with Gasteiger partial charge in [0, 0.05) is 68.1 Å². The fourth-order valence-corrected chi connectivity index (χ4v) is 8.53. The number of rotatable bonds is 13. The molecule has 11 nitrogen and oxygen atoms in total. The number of carbonyl (C=O) groups excluding carboxylic acids is 2. The van der Waals surface area contributed by atoms with Crippen molar-refractivity contribution in [3.05, 3.63) is 47.5 Å². The number of para-hydroxylation sites is 1. The van der Waals surface area contributed by atoms with Crippen molar-refractivity contribution in [2.24, 2.45) is 34.8 Å². The lowest BCUT2D eigenvalue weighted by atomic mass is 9.45. The number of carbonyl (C=O) groups is 2. The highest BCUT2D eigenvalue weighted by Gasteiger charge is 2.57. The van der Waals surface area contributed by atoms with Crippen LogP contribution in [0.5, 0.6) is 5.75 Å². The van der Waals surface area contributed by atoms with E-state index in [-0.39, 0.29) is 30.9 Å². The molecule has 1 aliphatic heterocycles. The van der Waals surface area contributed by atoms with Crippen LogP contribution in [0.4, 0.5) is 5.69 Å². The summed E-state index contributed by atoms with van der Waals surface area (Å²) in [4.78, 5) is 37.8. The van der Waals surface area contributed by atoms with Crippen molar-refractivity contribution in [3.63, 3.8) is 0 Å². The molecular formula is C38H58N6O5. The van der Waals surface area contributed by atoms with Crippen molar-refractivity contribution in [2.75, 3.05) is 59.8 Å². The number of ether oxygens (including phenoxy) is 1. The van der Waals surface area contributed by atoms with Gasteiger partial charge in [-0.05, 0) is 80.8 Å². The second kappa shape index (κ2) is 14.9. The number of hydrogen-bond acceptors (Lipinski definition) is 9. The van der Waals surface area contributed by atoms with Crippen LogP contribution >= 0.6 is 0 Å². The van der Waals surface area contributed by atoms with Crippen LogP contribution in [0, 0.1) is 29.1 Å². The first-order chi connectivity index (χ1) is 23.2. The Bertz CT molecular complexity index is 1490. The maximum absolute atomic E-state index is 14.2. The van der Waals surface area contributed by atoms with E-state index in [1.165, 1.54) is 6.42 Å². The van der Waals surface area contributed by atoms with E-state index < -0.39 is 24.2 Å². The third-order valence-corrected chi connectivity index (χ3v) is 11.6. The smallest absolute Gasteiger partial charge is 0.251 e. The van der Waals surface area contributed by atoms with E-state index in [2.05, 4.69) is 31.4 Å². The number of amides is 2. The zero-order valence-electron chi connectivity index (χ0n) is 30.8. The van der Waals surface area contributed by atoms with E-state index in [1.807, 2.05) is 74.4 Å². The second-order valence-electron chi connectivity index (χ2n) is 15.5. The third-order valence-electron chi connectivity index (χ3n) is 11.6. The highest BCUT2D eigenvalue weighted by Crippen LogP contribution is 2.61. The van der Waals surface area contributed by atoms with Gasteiger partial charge >= 0.3 is 0 Å². The van der Waals surface area contributed by atoms with Gasteiger partial charge in [-0.1, -0.05) is 39.0 Å². The first kappa shape index (κ1) is 37.0. The van der Waals surface area contributed by atoms with E-state index in [0.29, 0.717) is 41.0 Å². The largest absolute Gasteiger partial charge is 0.496 e. The number of aliphatic hydroxyl groups is 1. The number of nitrogens with zero attached hydrogens (tertiary/aromatic N) is 3. The topological polar surface area (TPSA) is 133 Å². The Labute approximate surface area is 292 Å². The van der Waals surface area contributed by atoms with Gasteiger partial charge in [0.1, 0.15) is 11.8 Å². The molecule has 49 heavy (non-hydrogen) atoms. The normalized spacial score (nSPS) is 28.1. The van der Waals surface area contributed by atoms with Gasteiger partial charge < -0.3 is 36.0 Å². The van der Waals surface area contributed by atoms with Gasteiger partial charge in [0.15, 0.2) is 0 Å². The number of likely N-dealkylation sites (N-methyl/N-ethyl adjacent to an activating group) is 1. The standard InChI is InChI=1S/C38H58N6O5/c1-22-30-18-27(38(30,3)4)19-31(22)41-37(47)34-33(23(2)45)32(20-39)49-44(34)21-24-11-10-12-29(35(24)48-9)25-15-26(17-28(16-25)43(7)8)36(46)40-13-14-42(5)6/h10-12,15-17,22-23,27,30-34,45H,13-14,18-21,39H2,1-9H3,(H,40,46)(H,41,47)/t22-,23-,27+,30+,31-,32-,33+,34-/m0/s1. The Morgan fingerprint density at radius 1 is 1.16 bits per heavy atom. The summed E-state index contributed by atoms with van der Waals surface area (Å²) in [7, 11) is 9.46.